The first kappa shape index (κ1) is 12.6. The Labute approximate surface area is 103 Å². The maximum atomic E-state index is 5.94. The summed E-state index contributed by atoms with van der Waals surface area (Å²) in [5, 5.41) is 4.11. The van der Waals surface area contributed by atoms with E-state index in [1.807, 2.05) is 13.8 Å². The van der Waals surface area contributed by atoms with Crippen molar-refractivity contribution in [3.05, 3.63) is 11.7 Å². The summed E-state index contributed by atoms with van der Waals surface area (Å²) in [6, 6.07) is 0. The smallest absolute Gasteiger partial charge is 0.226 e. The van der Waals surface area contributed by atoms with Crippen molar-refractivity contribution in [3.63, 3.8) is 0 Å². The zero-order valence-corrected chi connectivity index (χ0v) is 10.9. The minimum atomic E-state index is -0.167. The Kier molecular flexibility index (Phi) is 3.82. The minimum Gasteiger partial charge on any atom is -0.339 e. The van der Waals surface area contributed by atoms with E-state index in [9.17, 15) is 0 Å². The highest BCUT2D eigenvalue weighted by Gasteiger charge is 2.21. The SMILES string of the molecule is CC(C)(N)CCc1nc(C2CCCCC2)no1. The van der Waals surface area contributed by atoms with E-state index in [-0.39, 0.29) is 5.54 Å². The number of aromatic nitrogens is 2. The van der Waals surface area contributed by atoms with Gasteiger partial charge in [0, 0.05) is 17.9 Å². The lowest BCUT2D eigenvalue weighted by atomic mass is 9.89. The number of rotatable bonds is 4. The number of hydrogen-bond donors (Lipinski definition) is 1. The van der Waals surface area contributed by atoms with Crippen molar-refractivity contribution >= 4 is 0 Å². The first-order valence-electron chi connectivity index (χ1n) is 6.66. The third-order valence-corrected chi connectivity index (χ3v) is 3.44. The highest BCUT2D eigenvalue weighted by Crippen LogP contribution is 2.30. The summed E-state index contributed by atoms with van der Waals surface area (Å²) < 4.78 is 5.30. The van der Waals surface area contributed by atoms with Gasteiger partial charge >= 0.3 is 0 Å². The van der Waals surface area contributed by atoms with Crippen LogP contribution in [0.25, 0.3) is 0 Å². The molecule has 1 aliphatic carbocycles. The van der Waals surface area contributed by atoms with E-state index in [1.54, 1.807) is 0 Å². The summed E-state index contributed by atoms with van der Waals surface area (Å²) in [6.07, 6.45) is 8.02. The van der Waals surface area contributed by atoms with Crippen LogP contribution in [0.4, 0.5) is 0 Å². The zero-order chi connectivity index (χ0) is 12.3. The predicted molar refractivity (Wildman–Crippen MR) is 66.7 cm³/mol. The molecule has 4 heteroatoms. The molecule has 2 rings (SSSR count). The average molecular weight is 237 g/mol. The monoisotopic (exact) mass is 237 g/mol. The summed E-state index contributed by atoms with van der Waals surface area (Å²) >= 11 is 0. The van der Waals surface area contributed by atoms with Crippen molar-refractivity contribution < 1.29 is 4.52 Å². The maximum Gasteiger partial charge on any atom is 0.226 e. The predicted octanol–water partition coefficient (Wildman–Crippen LogP) is 2.79. The van der Waals surface area contributed by atoms with Crippen LogP contribution in [-0.2, 0) is 6.42 Å². The van der Waals surface area contributed by atoms with Gasteiger partial charge in [0.2, 0.25) is 5.89 Å². The molecule has 0 radical (unpaired) electrons. The second-order valence-corrected chi connectivity index (χ2v) is 5.87. The van der Waals surface area contributed by atoms with Crippen LogP contribution in [0.2, 0.25) is 0 Å². The second kappa shape index (κ2) is 5.17. The molecule has 1 heterocycles. The highest BCUT2D eigenvalue weighted by molar-refractivity contribution is 4.97. The molecule has 0 spiro atoms. The molecule has 1 aliphatic rings. The zero-order valence-electron chi connectivity index (χ0n) is 10.9. The van der Waals surface area contributed by atoms with E-state index in [1.165, 1.54) is 32.1 Å². The molecule has 1 aromatic heterocycles. The molecule has 0 amide bonds. The van der Waals surface area contributed by atoms with Gasteiger partial charge in [0.25, 0.3) is 0 Å². The number of nitrogens with zero attached hydrogens (tertiary/aromatic N) is 2. The van der Waals surface area contributed by atoms with Crippen LogP contribution in [0.1, 0.15) is 70.0 Å². The van der Waals surface area contributed by atoms with Gasteiger partial charge in [0.05, 0.1) is 0 Å². The van der Waals surface area contributed by atoms with Crippen LogP contribution in [0, 0.1) is 0 Å². The van der Waals surface area contributed by atoms with Gasteiger partial charge in [-0.2, -0.15) is 4.98 Å². The summed E-state index contributed by atoms with van der Waals surface area (Å²) in [6.45, 7) is 4.04. The molecule has 1 fully saturated rings. The summed E-state index contributed by atoms with van der Waals surface area (Å²) in [4.78, 5) is 4.50. The quantitative estimate of drug-likeness (QED) is 0.874. The normalized spacial score (nSPS) is 18.5. The van der Waals surface area contributed by atoms with E-state index in [2.05, 4.69) is 10.1 Å². The highest BCUT2D eigenvalue weighted by atomic mass is 16.5. The lowest BCUT2D eigenvalue weighted by Crippen LogP contribution is -2.32. The Hall–Kier alpha value is -0.900. The number of nitrogens with two attached hydrogens (primary N) is 1. The molecule has 96 valence electrons. The van der Waals surface area contributed by atoms with Crippen LogP contribution in [-0.4, -0.2) is 15.7 Å². The molecular weight excluding hydrogens is 214 g/mol. The van der Waals surface area contributed by atoms with Crippen molar-refractivity contribution in [2.75, 3.05) is 0 Å². The molecule has 2 N–H and O–H groups in total. The summed E-state index contributed by atoms with van der Waals surface area (Å²) in [5.74, 6) is 2.17. The van der Waals surface area contributed by atoms with Crippen LogP contribution in [0.5, 0.6) is 0 Å². The summed E-state index contributed by atoms with van der Waals surface area (Å²) in [7, 11) is 0. The van der Waals surface area contributed by atoms with Crippen LogP contribution in [0.15, 0.2) is 4.52 Å². The van der Waals surface area contributed by atoms with E-state index in [0.717, 1.165) is 24.6 Å². The molecule has 0 atom stereocenters. The van der Waals surface area contributed by atoms with E-state index in [4.69, 9.17) is 10.3 Å². The largest absolute Gasteiger partial charge is 0.339 e. The fraction of sp³-hybridized carbons (Fsp3) is 0.846. The molecular formula is C13H23N3O. The van der Waals surface area contributed by atoms with Gasteiger partial charge in [-0.3, -0.25) is 0 Å². The van der Waals surface area contributed by atoms with Crippen molar-refractivity contribution in [2.24, 2.45) is 5.73 Å². The average Bonchev–Trinajstić information content (AvgIpc) is 2.75. The van der Waals surface area contributed by atoms with Crippen LogP contribution in [0.3, 0.4) is 0 Å². The third kappa shape index (κ3) is 3.80. The minimum absolute atomic E-state index is 0.167. The molecule has 1 saturated carbocycles. The lowest BCUT2D eigenvalue weighted by molar-refractivity contribution is 0.345. The van der Waals surface area contributed by atoms with Crippen LogP contribution < -0.4 is 5.73 Å². The van der Waals surface area contributed by atoms with Gasteiger partial charge in [-0.25, -0.2) is 0 Å². The van der Waals surface area contributed by atoms with Crippen molar-refractivity contribution in [2.45, 2.75) is 70.3 Å². The standard InChI is InChI=1S/C13H23N3O/c1-13(2,14)9-8-11-15-12(16-17-11)10-6-4-3-5-7-10/h10H,3-9,14H2,1-2H3. The second-order valence-electron chi connectivity index (χ2n) is 5.87. The molecule has 17 heavy (non-hydrogen) atoms. The Morgan fingerprint density at radius 2 is 2.00 bits per heavy atom. The topological polar surface area (TPSA) is 64.9 Å². The van der Waals surface area contributed by atoms with Gasteiger partial charge in [-0.1, -0.05) is 24.4 Å². The number of aryl methyl sites for hydroxylation is 1. The van der Waals surface area contributed by atoms with E-state index in [0.29, 0.717) is 5.92 Å². The van der Waals surface area contributed by atoms with Gasteiger partial charge in [0.1, 0.15) is 0 Å². The fourth-order valence-corrected chi connectivity index (χ4v) is 2.33. The Morgan fingerprint density at radius 3 is 2.65 bits per heavy atom. The molecule has 0 unspecified atom stereocenters. The Morgan fingerprint density at radius 1 is 1.29 bits per heavy atom. The first-order chi connectivity index (χ1) is 8.04. The lowest BCUT2D eigenvalue weighted by Gasteiger charge is -2.17. The van der Waals surface area contributed by atoms with Crippen molar-refractivity contribution in [1.82, 2.24) is 10.1 Å². The molecule has 0 bridgehead atoms. The van der Waals surface area contributed by atoms with Crippen LogP contribution >= 0.6 is 0 Å². The molecule has 0 saturated heterocycles. The molecule has 0 aliphatic heterocycles. The fourth-order valence-electron chi connectivity index (χ4n) is 2.33. The maximum absolute atomic E-state index is 5.94. The van der Waals surface area contributed by atoms with E-state index < -0.39 is 0 Å². The van der Waals surface area contributed by atoms with Gasteiger partial charge in [0.15, 0.2) is 5.82 Å². The molecule has 1 aromatic rings. The van der Waals surface area contributed by atoms with E-state index >= 15 is 0 Å². The Balaban J connectivity index is 1.91. The summed E-state index contributed by atoms with van der Waals surface area (Å²) in [5.41, 5.74) is 5.78. The number of hydrogen-bond acceptors (Lipinski definition) is 4. The van der Waals surface area contributed by atoms with Crippen molar-refractivity contribution in [1.29, 1.82) is 0 Å². The van der Waals surface area contributed by atoms with Gasteiger partial charge in [-0.15, -0.1) is 0 Å². The first-order valence-corrected chi connectivity index (χ1v) is 6.66. The molecule has 4 nitrogen and oxygen atoms in total. The third-order valence-electron chi connectivity index (χ3n) is 3.44. The Bertz CT molecular complexity index is 348. The van der Waals surface area contributed by atoms with Crippen molar-refractivity contribution in [3.8, 4) is 0 Å². The van der Waals surface area contributed by atoms with Gasteiger partial charge < -0.3 is 10.3 Å². The van der Waals surface area contributed by atoms with Gasteiger partial charge in [-0.05, 0) is 33.1 Å². The molecule has 0 aromatic carbocycles.